The molecule has 0 aliphatic heterocycles. The molecule has 0 spiro atoms. The minimum absolute atomic E-state index is 0.0320. The number of amides is 1. The van der Waals surface area contributed by atoms with Crippen LogP contribution in [0.4, 0.5) is 0 Å². The summed E-state index contributed by atoms with van der Waals surface area (Å²) in [6, 6.07) is 1.96. The lowest BCUT2D eigenvalue weighted by Gasteiger charge is -2.20. The van der Waals surface area contributed by atoms with Crippen LogP contribution >= 0.6 is 23.1 Å². The van der Waals surface area contributed by atoms with Crippen LogP contribution in [0.1, 0.15) is 40.4 Å². The zero-order valence-electron chi connectivity index (χ0n) is 12.0. The number of thioether (sulfide) groups is 1. The molecule has 0 fully saturated rings. The summed E-state index contributed by atoms with van der Waals surface area (Å²) in [5, 5.41) is 12.2. The Labute approximate surface area is 123 Å². The van der Waals surface area contributed by atoms with Crippen LogP contribution in [0, 0.1) is 6.92 Å². The van der Waals surface area contributed by atoms with Crippen molar-refractivity contribution >= 4 is 29.0 Å². The molecular formula is C14H23NO2S2. The van der Waals surface area contributed by atoms with Crippen LogP contribution in [0.2, 0.25) is 0 Å². The summed E-state index contributed by atoms with van der Waals surface area (Å²) in [4.78, 5) is 14.2. The lowest BCUT2D eigenvalue weighted by Crippen LogP contribution is -2.40. The molecule has 3 nitrogen and oxygen atoms in total. The molecule has 0 aromatic carbocycles. The summed E-state index contributed by atoms with van der Waals surface area (Å²) in [7, 11) is 0. The Morgan fingerprint density at radius 3 is 2.79 bits per heavy atom. The highest BCUT2D eigenvalue weighted by Gasteiger charge is 2.19. The average molecular weight is 301 g/mol. The molecule has 0 saturated carbocycles. The summed E-state index contributed by atoms with van der Waals surface area (Å²) >= 11 is 3.12. The van der Waals surface area contributed by atoms with E-state index in [2.05, 4.69) is 19.2 Å². The topological polar surface area (TPSA) is 49.3 Å². The Kier molecular flexibility index (Phi) is 6.89. The summed E-state index contributed by atoms with van der Waals surface area (Å²) in [5.74, 6) is -0.0320. The van der Waals surface area contributed by atoms with Gasteiger partial charge in [-0.2, -0.15) is 11.8 Å². The molecule has 2 atom stereocenters. The number of hydrogen-bond donors (Lipinski definition) is 2. The Hall–Kier alpha value is -0.520. The molecule has 1 heterocycles. The molecule has 2 N–H and O–H groups in total. The van der Waals surface area contributed by atoms with Crippen LogP contribution in [0.3, 0.4) is 0 Å². The minimum atomic E-state index is -0.0375. The molecule has 0 bridgehead atoms. The van der Waals surface area contributed by atoms with Gasteiger partial charge in [-0.15, -0.1) is 11.3 Å². The number of aliphatic hydroxyl groups is 1. The van der Waals surface area contributed by atoms with Crippen molar-refractivity contribution in [3.63, 3.8) is 0 Å². The van der Waals surface area contributed by atoms with Crippen molar-refractivity contribution in [3.8, 4) is 0 Å². The second-order valence-electron chi connectivity index (χ2n) is 4.66. The predicted molar refractivity (Wildman–Crippen MR) is 84.4 cm³/mol. The molecule has 2 unspecified atom stereocenters. The number of aliphatic hydroxyl groups excluding tert-OH is 1. The van der Waals surface area contributed by atoms with Crippen molar-refractivity contribution in [1.29, 1.82) is 0 Å². The fourth-order valence-electron chi connectivity index (χ4n) is 1.96. The molecule has 0 aliphatic rings. The fourth-order valence-corrected chi connectivity index (χ4v) is 3.56. The number of nitrogens with one attached hydrogen (secondary N) is 1. The highest BCUT2D eigenvalue weighted by Crippen LogP contribution is 2.23. The standard InChI is InChI=1S/C14H23NO2S2/c1-5-6-11-7-12(19-10(11)3)14(17)15-9(2)13(8-16)18-4/h7,9,13,16H,5-6,8H2,1-4H3,(H,15,17). The second kappa shape index (κ2) is 7.92. The summed E-state index contributed by atoms with van der Waals surface area (Å²) < 4.78 is 0. The first kappa shape index (κ1) is 16.5. The SMILES string of the molecule is CCCc1cc(C(=O)NC(C)C(CO)SC)sc1C. The zero-order valence-corrected chi connectivity index (χ0v) is 13.7. The van der Waals surface area contributed by atoms with Gasteiger partial charge in [0.25, 0.3) is 5.91 Å². The molecule has 19 heavy (non-hydrogen) atoms. The van der Waals surface area contributed by atoms with Crippen LogP contribution < -0.4 is 5.32 Å². The van der Waals surface area contributed by atoms with Crippen LogP contribution in [-0.2, 0) is 6.42 Å². The van der Waals surface area contributed by atoms with E-state index >= 15 is 0 Å². The van der Waals surface area contributed by atoms with Crippen LogP contribution in [0.15, 0.2) is 6.07 Å². The van der Waals surface area contributed by atoms with E-state index < -0.39 is 0 Å². The second-order valence-corrected chi connectivity index (χ2v) is 6.99. The van der Waals surface area contributed by atoms with Crippen LogP contribution in [0.5, 0.6) is 0 Å². The van der Waals surface area contributed by atoms with Crippen LogP contribution in [0.25, 0.3) is 0 Å². The quantitative estimate of drug-likeness (QED) is 0.814. The molecule has 1 aromatic rings. The summed E-state index contributed by atoms with van der Waals surface area (Å²) in [6.07, 6.45) is 4.06. The lowest BCUT2D eigenvalue weighted by atomic mass is 10.1. The van der Waals surface area contributed by atoms with Gasteiger partial charge in [0.15, 0.2) is 0 Å². The Morgan fingerprint density at radius 1 is 1.58 bits per heavy atom. The molecule has 5 heteroatoms. The fraction of sp³-hybridized carbons (Fsp3) is 0.643. The van der Waals surface area contributed by atoms with E-state index in [1.54, 1.807) is 23.1 Å². The minimum Gasteiger partial charge on any atom is -0.395 e. The maximum absolute atomic E-state index is 12.2. The van der Waals surface area contributed by atoms with Gasteiger partial charge in [-0.1, -0.05) is 13.3 Å². The molecule has 1 aromatic heterocycles. The summed E-state index contributed by atoms with van der Waals surface area (Å²) in [5.41, 5.74) is 1.27. The average Bonchev–Trinajstić information content (AvgIpc) is 2.73. The number of carbonyl (C=O) groups excluding carboxylic acids is 1. The van der Waals surface area contributed by atoms with Crippen LogP contribution in [-0.4, -0.2) is 35.2 Å². The van der Waals surface area contributed by atoms with Crippen molar-refractivity contribution in [1.82, 2.24) is 5.32 Å². The molecule has 0 radical (unpaired) electrons. The monoisotopic (exact) mass is 301 g/mol. The number of hydrogen-bond acceptors (Lipinski definition) is 4. The highest BCUT2D eigenvalue weighted by atomic mass is 32.2. The highest BCUT2D eigenvalue weighted by molar-refractivity contribution is 7.99. The molecule has 108 valence electrons. The van der Waals surface area contributed by atoms with Gasteiger partial charge in [0.1, 0.15) is 0 Å². The van der Waals surface area contributed by atoms with Crippen molar-refractivity contribution in [2.24, 2.45) is 0 Å². The van der Waals surface area contributed by atoms with Gasteiger partial charge in [0.05, 0.1) is 11.5 Å². The van der Waals surface area contributed by atoms with E-state index in [9.17, 15) is 9.90 Å². The third-order valence-corrected chi connectivity index (χ3v) is 5.42. The van der Waals surface area contributed by atoms with Gasteiger partial charge < -0.3 is 10.4 Å². The van der Waals surface area contributed by atoms with Gasteiger partial charge in [-0.25, -0.2) is 0 Å². The van der Waals surface area contributed by atoms with Gasteiger partial charge in [-0.05, 0) is 38.2 Å². The maximum Gasteiger partial charge on any atom is 0.261 e. The first-order valence-electron chi connectivity index (χ1n) is 6.57. The number of thiophene rings is 1. The van der Waals surface area contributed by atoms with E-state index in [-0.39, 0.29) is 23.8 Å². The van der Waals surface area contributed by atoms with Crippen molar-refractivity contribution in [3.05, 3.63) is 21.4 Å². The Bertz CT molecular complexity index is 414. The van der Waals surface area contributed by atoms with Gasteiger partial charge in [-0.3, -0.25) is 4.79 Å². The van der Waals surface area contributed by atoms with Gasteiger partial charge in [0.2, 0.25) is 0 Å². The maximum atomic E-state index is 12.2. The van der Waals surface area contributed by atoms with Crippen molar-refractivity contribution in [2.45, 2.75) is 44.9 Å². The summed E-state index contributed by atoms with van der Waals surface area (Å²) in [6.45, 7) is 6.22. The lowest BCUT2D eigenvalue weighted by molar-refractivity contribution is 0.0940. The smallest absolute Gasteiger partial charge is 0.261 e. The van der Waals surface area contributed by atoms with Crippen molar-refractivity contribution < 1.29 is 9.90 Å². The van der Waals surface area contributed by atoms with Gasteiger partial charge in [0, 0.05) is 16.2 Å². The normalized spacial score (nSPS) is 14.2. The largest absolute Gasteiger partial charge is 0.395 e. The third kappa shape index (κ3) is 4.51. The Morgan fingerprint density at radius 2 is 2.26 bits per heavy atom. The number of aryl methyl sites for hydroxylation is 2. The zero-order chi connectivity index (χ0) is 14.4. The van der Waals surface area contributed by atoms with E-state index in [0.29, 0.717) is 0 Å². The number of carbonyl (C=O) groups is 1. The Balaban J connectivity index is 2.70. The predicted octanol–water partition coefficient (Wildman–Crippen LogP) is 2.85. The molecule has 1 amide bonds. The van der Waals surface area contributed by atoms with E-state index in [1.807, 2.05) is 19.2 Å². The first-order valence-corrected chi connectivity index (χ1v) is 8.67. The molecule has 0 saturated heterocycles. The number of rotatable bonds is 7. The van der Waals surface area contributed by atoms with Gasteiger partial charge >= 0.3 is 0 Å². The molecule has 0 aliphatic carbocycles. The third-order valence-electron chi connectivity index (χ3n) is 3.16. The molecular weight excluding hydrogens is 278 g/mol. The molecule has 1 rings (SSSR count). The van der Waals surface area contributed by atoms with Crippen molar-refractivity contribution in [2.75, 3.05) is 12.9 Å². The van der Waals surface area contributed by atoms with E-state index in [1.165, 1.54) is 10.4 Å². The first-order chi connectivity index (χ1) is 9.03. The van der Waals surface area contributed by atoms with E-state index in [0.717, 1.165) is 17.7 Å². The van der Waals surface area contributed by atoms with E-state index in [4.69, 9.17) is 0 Å².